The molecule has 1 fully saturated rings. The Morgan fingerprint density at radius 1 is 1.45 bits per heavy atom. The van der Waals surface area contributed by atoms with Crippen LogP contribution in [-0.2, 0) is 11.0 Å². The third-order valence-corrected chi connectivity index (χ3v) is 3.97. The van der Waals surface area contributed by atoms with Gasteiger partial charge in [-0.3, -0.25) is 4.79 Å². The van der Waals surface area contributed by atoms with E-state index in [0.717, 1.165) is 19.4 Å². The van der Waals surface area contributed by atoms with Gasteiger partial charge in [0.05, 0.1) is 29.1 Å². The molecule has 2 rings (SSSR count). The topological polar surface area (TPSA) is 63.1 Å². The number of carbonyl (C=O) groups is 1. The zero-order valence-corrected chi connectivity index (χ0v) is 13.5. The van der Waals surface area contributed by atoms with Crippen LogP contribution in [-0.4, -0.2) is 30.2 Å². The maximum absolute atomic E-state index is 13.0. The highest BCUT2D eigenvalue weighted by Gasteiger charge is 2.35. The third-order valence-electron chi connectivity index (χ3n) is 2.52. The van der Waals surface area contributed by atoms with Gasteiger partial charge in [0.25, 0.3) is 0 Å². The molecule has 10 heteroatoms. The number of halogens is 4. The van der Waals surface area contributed by atoms with Crippen molar-refractivity contribution in [3.05, 3.63) is 27.7 Å². The minimum absolute atomic E-state index is 0.155. The Labute approximate surface area is 136 Å². The predicted molar refractivity (Wildman–Crippen MR) is 81.3 cm³/mol. The number of ether oxygens (including phenoxy) is 1. The van der Waals surface area contributed by atoms with Crippen LogP contribution in [0, 0.1) is 0 Å². The molecule has 0 unspecified atom stereocenters. The second-order valence-electron chi connectivity index (χ2n) is 4.07. The summed E-state index contributed by atoms with van der Waals surface area (Å²) in [6, 6.07) is 2.34. The summed E-state index contributed by atoms with van der Waals surface area (Å²) in [5, 5.41) is 10.2. The number of amides is 1. The lowest BCUT2D eigenvalue weighted by Gasteiger charge is -2.14. The first-order valence-corrected chi connectivity index (χ1v) is 7.57. The lowest BCUT2D eigenvalue weighted by Crippen LogP contribution is -2.19. The van der Waals surface area contributed by atoms with E-state index in [1.54, 1.807) is 0 Å². The van der Waals surface area contributed by atoms with E-state index in [-0.39, 0.29) is 27.4 Å². The highest BCUT2D eigenvalue weighted by atomic mass is 79.9. The van der Waals surface area contributed by atoms with Crippen LogP contribution >= 0.6 is 27.7 Å². The fourth-order valence-corrected chi connectivity index (χ4v) is 2.90. The molecule has 22 heavy (non-hydrogen) atoms. The fraction of sp³-hybridized carbons (Fsp3) is 0.250. The summed E-state index contributed by atoms with van der Waals surface area (Å²) in [7, 11) is 1.16. The summed E-state index contributed by atoms with van der Waals surface area (Å²) in [6.45, 7) is 0. The molecule has 0 bridgehead atoms. The molecule has 1 aromatic rings. The maximum atomic E-state index is 13.0. The summed E-state index contributed by atoms with van der Waals surface area (Å²) in [6.07, 6.45) is -3.39. The molecule has 0 spiro atoms. The Hall–Kier alpha value is -1.55. The molecule has 1 N–H and O–H groups in total. The van der Waals surface area contributed by atoms with Crippen molar-refractivity contribution in [3.8, 4) is 5.75 Å². The van der Waals surface area contributed by atoms with E-state index in [2.05, 4.69) is 31.4 Å². The Morgan fingerprint density at radius 2 is 2.18 bits per heavy atom. The third kappa shape index (κ3) is 4.01. The predicted octanol–water partition coefficient (Wildman–Crippen LogP) is 3.03. The van der Waals surface area contributed by atoms with Gasteiger partial charge in [-0.1, -0.05) is 11.8 Å². The second kappa shape index (κ2) is 6.69. The molecule has 1 heterocycles. The van der Waals surface area contributed by atoms with Gasteiger partial charge in [0.1, 0.15) is 5.75 Å². The van der Waals surface area contributed by atoms with E-state index < -0.39 is 11.7 Å². The molecule has 0 aliphatic carbocycles. The zero-order chi connectivity index (χ0) is 16.3. The van der Waals surface area contributed by atoms with Crippen LogP contribution < -0.4 is 10.1 Å². The van der Waals surface area contributed by atoms with Gasteiger partial charge in [-0.2, -0.15) is 18.3 Å². The van der Waals surface area contributed by atoms with Gasteiger partial charge in [-0.15, -0.1) is 5.10 Å². The summed E-state index contributed by atoms with van der Waals surface area (Å²) >= 11 is 4.20. The van der Waals surface area contributed by atoms with Crippen molar-refractivity contribution >= 4 is 45.0 Å². The molecule has 0 atom stereocenters. The van der Waals surface area contributed by atoms with Gasteiger partial charge in [0.15, 0.2) is 5.17 Å². The quantitative estimate of drug-likeness (QED) is 0.631. The first-order valence-electron chi connectivity index (χ1n) is 5.79. The summed E-state index contributed by atoms with van der Waals surface area (Å²) in [5.74, 6) is -0.235. The van der Waals surface area contributed by atoms with Gasteiger partial charge in [-0.25, -0.2) is 0 Å². The standard InChI is InChI=1S/C12H9BrF3N3O2S/c1-21-10-7(12(14,15)16)2-6(3-8(10)13)4-17-19-11-18-9(20)5-22-11/h2-4H,5H2,1H3,(H,18,19,20). The number of methoxy groups -OCH3 is 1. The van der Waals surface area contributed by atoms with E-state index >= 15 is 0 Å². The highest BCUT2D eigenvalue weighted by Crippen LogP contribution is 2.40. The molecule has 0 aromatic heterocycles. The monoisotopic (exact) mass is 395 g/mol. The van der Waals surface area contributed by atoms with Crippen molar-refractivity contribution in [3.63, 3.8) is 0 Å². The Morgan fingerprint density at radius 3 is 2.73 bits per heavy atom. The number of amidine groups is 1. The number of hydrogen-bond donors (Lipinski definition) is 1. The average molecular weight is 396 g/mol. The smallest absolute Gasteiger partial charge is 0.420 e. The molecule has 0 saturated carbocycles. The number of carbonyl (C=O) groups excluding carboxylic acids is 1. The number of alkyl halides is 3. The molecular weight excluding hydrogens is 387 g/mol. The number of benzene rings is 1. The Kier molecular flexibility index (Phi) is 5.12. The summed E-state index contributed by atoms with van der Waals surface area (Å²) in [5.41, 5.74) is -0.722. The Bertz CT molecular complexity index is 662. The maximum Gasteiger partial charge on any atom is 0.420 e. The van der Waals surface area contributed by atoms with Crippen LogP contribution in [0.4, 0.5) is 13.2 Å². The molecule has 1 saturated heterocycles. The van der Waals surface area contributed by atoms with E-state index in [0.29, 0.717) is 5.17 Å². The van der Waals surface area contributed by atoms with Crippen molar-refractivity contribution in [1.82, 2.24) is 5.32 Å². The Balaban J connectivity index is 2.29. The minimum Gasteiger partial charge on any atom is -0.495 e. The van der Waals surface area contributed by atoms with Gasteiger partial charge in [-0.05, 0) is 33.6 Å². The molecule has 1 aliphatic heterocycles. The van der Waals surface area contributed by atoms with Crippen LogP contribution in [0.3, 0.4) is 0 Å². The van der Waals surface area contributed by atoms with Crippen LogP contribution in [0.25, 0.3) is 0 Å². The number of rotatable bonds is 3. The van der Waals surface area contributed by atoms with Crippen LogP contribution in [0.2, 0.25) is 0 Å². The largest absolute Gasteiger partial charge is 0.495 e. The molecule has 1 aromatic carbocycles. The molecular formula is C12H9BrF3N3O2S. The van der Waals surface area contributed by atoms with Gasteiger partial charge >= 0.3 is 6.18 Å². The number of hydrogen-bond acceptors (Lipinski definition) is 5. The summed E-state index contributed by atoms with van der Waals surface area (Å²) in [4.78, 5) is 10.9. The van der Waals surface area contributed by atoms with Gasteiger partial charge in [0, 0.05) is 0 Å². The normalized spacial score (nSPS) is 17.3. The summed E-state index contributed by atoms with van der Waals surface area (Å²) < 4.78 is 43.9. The molecule has 1 aliphatic rings. The number of nitrogens with one attached hydrogen (secondary N) is 1. The number of thioether (sulfide) groups is 1. The van der Waals surface area contributed by atoms with Crippen molar-refractivity contribution < 1.29 is 22.7 Å². The average Bonchev–Trinajstić information content (AvgIpc) is 2.83. The van der Waals surface area contributed by atoms with E-state index in [4.69, 9.17) is 4.74 Å². The minimum atomic E-state index is -4.56. The first kappa shape index (κ1) is 16.8. The lowest BCUT2D eigenvalue weighted by atomic mass is 10.1. The first-order chi connectivity index (χ1) is 10.3. The van der Waals surface area contributed by atoms with E-state index in [1.165, 1.54) is 17.8 Å². The van der Waals surface area contributed by atoms with Crippen LogP contribution in [0.1, 0.15) is 11.1 Å². The highest BCUT2D eigenvalue weighted by molar-refractivity contribution is 9.10. The van der Waals surface area contributed by atoms with Crippen molar-refractivity contribution in [2.45, 2.75) is 6.18 Å². The second-order valence-corrected chi connectivity index (χ2v) is 5.89. The van der Waals surface area contributed by atoms with Crippen molar-refractivity contribution in [2.75, 3.05) is 12.9 Å². The fourth-order valence-electron chi connectivity index (χ4n) is 1.63. The number of nitrogens with zero attached hydrogens (tertiary/aromatic N) is 2. The van der Waals surface area contributed by atoms with Gasteiger partial charge in [0.2, 0.25) is 5.91 Å². The van der Waals surface area contributed by atoms with Crippen LogP contribution in [0.15, 0.2) is 26.8 Å². The van der Waals surface area contributed by atoms with Crippen LogP contribution in [0.5, 0.6) is 5.75 Å². The van der Waals surface area contributed by atoms with E-state index in [9.17, 15) is 18.0 Å². The van der Waals surface area contributed by atoms with Gasteiger partial charge < -0.3 is 10.1 Å². The molecule has 118 valence electrons. The van der Waals surface area contributed by atoms with E-state index in [1.807, 2.05) is 0 Å². The SMILES string of the molecule is COc1c(Br)cc(C=NN=C2NC(=O)CS2)cc1C(F)(F)F. The van der Waals surface area contributed by atoms with Crippen molar-refractivity contribution in [2.24, 2.45) is 10.2 Å². The van der Waals surface area contributed by atoms with Crippen molar-refractivity contribution in [1.29, 1.82) is 0 Å². The molecule has 5 nitrogen and oxygen atoms in total. The molecule has 1 amide bonds. The zero-order valence-electron chi connectivity index (χ0n) is 11.1. The lowest BCUT2D eigenvalue weighted by molar-refractivity contribution is -0.138. The molecule has 0 radical (unpaired) electrons.